The van der Waals surface area contributed by atoms with Gasteiger partial charge in [0.2, 0.25) is 0 Å². The molecular weight excluding hydrogens is 468 g/mol. The lowest BCUT2D eigenvalue weighted by molar-refractivity contribution is 0.282. The van der Waals surface area contributed by atoms with Crippen LogP contribution in [-0.2, 0) is 0 Å². The Morgan fingerprint density at radius 3 is 0.564 bits per heavy atom. The molecule has 0 rings (SSSR count). The molecule has 0 fully saturated rings. The van der Waals surface area contributed by atoms with Gasteiger partial charge in [0.1, 0.15) is 0 Å². The predicted octanol–water partition coefficient (Wildman–Crippen LogP) is 15.3. The second-order valence-electron chi connectivity index (χ2n) is 14.3. The number of rotatable bonds is 34. The van der Waals surface area contributed by atoms with E-state index in [1.165, 1.54) is 218 Å². The van der Waals surface area contributed by atoms with Crippen molar-refractivity contribution >= 4 is 0 Å². The van der Waals surface area contributed by atoms with Crippen LogP contribution < -0.4 is 0 Å². The van der Waals surface area contributed by atoms with Crippen LogP contribution in [-0.4, -0.2) is 0 Å². The van der Waals surface area contributed by atoms with Crippen molar-refractivity contribution in [2.24, 2.45) is 5.41 Å². The van der Waals surface area contributed by atoms with E-state index in [1.54, 1.807) is 0 Å². The number of unbranched alkanes of at least 4 members (excludes halogenated alkanes) is 30. The van der Waals surface area contributed by atoms with Crippen molar-refractivity contribution < 1.29 is 0 Å². The molecule has 0 aromatic rings. The Kier molecular flexibility index (Phi) is 32.5. The van der Waals surface area contributed by atoms with E-state index in [4.69, 9.17) is 0 Å². The Balaban J connectivity index is 3.26. The highest BCUT2D eigenvalue weighted by Crippen LogP contribution is 2.30. The molecule has 0 saturated carbocycles. The Labute approximate surface area is 251 Å². The smallest absolute Gasteiger partial charge is 0.0354 e. The molecule has 0 nitrogen and oxygen atoms in total. The van der Waals surface area contributed by atoms with E-state index in [1.807, 2.05) is 0 Å². The summed E-state index contributed by atoms with van der Waals surface area (Å²) in [6.45, 7) is 9.68. The van der Waals surface area contributed by atoms with Crippen molar-refractivity contribution in [2.75, 3.05) is 0 Å². The van der Waals surface area contributed by atoms with Gasteiger partial charge in [-0.05, 0) is 18.3 Å². The first-order chi connectivity index (χ1) is 19.1. The minimum atomic E-state index is 0.575. The maximum absolute atomic E-state index is 2.53. The lowest BCUT2D eigenvalue weighted by atomic mass is 9.81. The molecule has 0 aliphatic heterocycles. The van der Waals surface area contributed by atoms with Crippen molar-refractivity contribution in [2.45, 2.75) is 246 Å². The summed E-state index contributed by atoms with van der Waals surface area (Å²) < 4.78 is 0. The van der Waals surface area contributed by atoms with Crippen molar-refractivity contribution in [3.8, 4) is 0 Å². The predicted molar refractivity (Wildman–Crippen MR) is 182 cm³/mol. The summed E-state index contributed by atoms with van der Waals surface area (Å²) in [4.78, 5) is 0. The lowest BCUT2D eigenvalue weighted by Crippen LogP contribution is -2.11. The maximum atomic E-state index is 2.53. The molecule has 0 heteroatoms. The van der Waals surface area contributed by atoms with Gasteiger partial charge in [0, 0.05) is 0 Å². The van der Waals surface area contributed by atoms with E-state index >= 15 is 0 Å². The molecule has 0 bridgehead atoms. The van der Waals surface area contributed by atoms with Crippen LogP contribution in [0, 0.1) is 5.41 Å². The third-order valence-corrected chi connectivity index (χ3v) is 9.41. The van der Waals surface area contributed by atoms with Crippen molar-refractivity contribution in [1.29, 1.82) is 0 Å². The van der Waals surface area contributed by atoms with Gasteiger partial charge in [-0.1, -0.05) is 233 Å². The highest BCUT2D eigenvalue weighted by atomic mass is 14.2. The summed E-state index contributed by atoms with van der Waals surface area (Å²) in [6.07, 6.45) is 50.0. The minimum absolute atomic E-state index is 0.575. The van der Waals surface area contributed by atoms with E-state index in [9.17, 15) is 0 Å². The number of hydrogen-bond acceptors (Lipinski definition) is 0. The Morgan fingerprint density at radius 1 is 0.231 bits per heavy atom. The van der Waals surface area contributed by atoms with Gasteiger partial charge < -0.3 is 0 Å². The van der Waals surface area contributed by atoms with Crippen LogP contribution in [0.15, 0.2) is 0 Å². The molecule has 0 spiro atoms. The standard InChI is InChI=1S/C39H80/c1-5-7-9-11-13-15-17-19-21-23-25-27-29-31-33-35-37-39(3,4)38-36-34-32-30-28-26-24-22-20-18-16-14-12-10-8-6-2/h5-38H2,1-4H3. The summed E-state index contributed by atoms with van der Waals surface area (Å²) in [7, 11) is 0. The maximum Gasteiger partial charge on any atom is -0.0354 e. The summed E-state index contributed by atoms with van der Waals surface area (Å²) in [5, 5.41) is 0. The molecule has 39 heavy (non-hydrogen) atoms. The van der Waals surface area contributed by atoms with E-state index in [0.29, 0.717) is 5.41 Å². The molecule has 0 N–H and O–H groups in total. The molecule has 0 aromatic heterocycles. The van der Waals surface area contributed by atoms with Gasteiger partial charge in [-0.25, -0.2) is 0 Å². The first-order valence-corrected chi connectivity index (χ1v) is 19.1. The molecule has 0 aliphatic rings. The first-order valence-electron chi connectivity index (χ1n) is 19.1. The SMILES string of the molecule is CCCCCCCCCCCCCCCCCCC(C)(C)CCCCCCCCCCCCCCCCCC. The van der Waals surface area contributed by atoms with Crippen LogP contribution in [0.3, 0.4) is 0 Å². The second kappa shape index (κ2) is 32.5. The fourth-order valence-electron chi connectivity index (χ4n) is 6.43. The first kappa shape index (κ1) is 39.0. The average molecular weight is 549 g/mol. The Bertz CT molecular complexity index is 384. The second-order valence-corrected chi connectivity index (χ2v) is 14.3. The molecule has 0 atom stereocenters. The third kappa shape index (κ3) is 34.1. The van der Waals surface area contributed by atoms with E-state index in [2.05, 4.69) is 27.7 Å². The van der Waals surface area contributed by atoms with Crippen molar-refractivity contribution in [1.82, 2.24) is 0 Å². The van der Waals surface area contributed by atoms with E-state index in [0.717, 1.165) is 0 Å². The molecular formula is C39H80. The third-order valence-electron chi connectivity index (χ3n) is 9.41. The largest absolute Gasteiger partial charge is 0.0654 e. The van der Waals surface area contributed by atoms with Crippen LogP contribution >= 0.6 is 0 Å². The van der Waals surface area contributed by atoms with Crippen LogP contribution in [0.5, 0.6) is 0 Å². The normalized spacial score (nSPS) is 12.0. The van der Waals surface area contributed by atoms with Crippen LogP contribution in [0.2, 0.25) is 0 Å². The average Bonchev–Trinajstić information content (AvgIpc) is 2.92. The highest BCUT2D eigenvalue weighted by Gasteiger charge is 2.16. The number of hydrogen-bond donors (Lipinski definition) is 0. The van der Waals surface area contributed by atoms with Crippen molar-refractivity contribution in [3.05, 3.63) is 0 Å². The summed E-state index contributed by atoms with van der Waals surface area (Å²) >= 11 is 0. The fourth-order valence-corrected chi connectivity index (χ4v) is 6.43. The zero-order valence-corrected chi connectivity index (χ0v) is 28.5. The zero-order valence-electron chi connectivity index (χ0n) is 28.5. The molecule has 0 saturated heterocycles. The molecule has 236 valence electrons. The van der Waals surface area contributed by atoms with Gasteiger partial charge in [0.25, 0.3) is 0 Å². The summed E-state index contributed by atoms with van der Waals surface area (Å²) in [6, 6.07) is 0. The quantitative estimate of drug-likeness (QED) is 0.0701. The molecule has 0 radical (unpaired) electrons. The van der Waals surface area contributed by atoms with Crippen LogP contribution in [0.25, 0.3) is 0 Å². The molecule has 0 unspecified atom stereocenters. The minimum Gasteiger partial charge on any atom is -0.0654 e. The van der Waals surface area contributed by atoms with Crippen LogP contribution in [0.4, 0.5) is 0 Å². The summed E-state index contributed by atoms with van der Waals surface area (Å²) in [5.74, 6) is 0. The zero-order chi connectivity index (χ0) is 28.5. The highest BCUT2D eigenvalue weighted by molar-refractivity contribution is 4.69. The summed E-state index contributed by atoms with van der Waals surface area (Å²) in [5.41, 5.74) is 0.575. The van der Waals surface area contributed by atoms with Gasteiger partial charge in [-0.15, -0.1) is 0 Å². The van der Waals surface area contributed by atoms with Crippen molar-refractivity contribution in [3.63, 3.8) is 0 Å². The molecule has 0 aliphatic carbocycles. The Hall–Kier alpha value is 0. The monoisotopic (exact) mass is 549 g/mol. The van der Waals surface area contributed by atoms with Gasteiger partial charge >= 0.3 is 0 Å². The van der Waals surface area contributed by atoms with Gasteiger partial charge in [-0.2, -0.15) is 0 Å². The molecule has 0 heterocycles. The molecule has 0 amide bonds. The lowest BCUT2D eigenvalue weighted by Gasteiger charge is -2.24. The van der Waals surface area contributed by atoms with E-state index < -0.39 is 0 Å². The van der Waals surface area contributed by atoms with E-state index in [-0.39, 0.29) is 0 Å². The van der Waals surface area contributed by atoms with Gasteiger partial charge in [0.05, 0.1) is 0 Å². The van der Waals surface area contributed by atoms with Crippen LogP contribution in [0.1, 0.15) is 246 Å². The topological polar surface area (TPSA) is 0 Å². The Morgan fingerprint density at radius 2 is 0.385 bits per heavy atom. The van der Waals surface area contributed by atoms with Gasteiger partial charge in [0.15, 0.2) is 0 Å². The fraction of sp³-hybridized carbons (Fsp3) is 1.00. The molecule has 0 aromatic carbocycles. The van der Waals surface area contributed by atoms with Gasteiger partial charge in [-0.3, -0.25) is 0 Å².